The molecule has 4 nitrogen and oxygen atoms in total. The Bertz CT molecular complexity index is 904. The molecule has 25 heavy (non-hydrogen) atoms. The molecule has 132 valence electrons. The second-order valence-electron chi connectivity index (χ2n) is 7.05. The number of aromatic nitrogens is 2. The van der Waals surface area contributed by atoms with Gasteiger partial charge in [0.1, 0.15) is 5.82 Å². The lowest BCUT2D eigenvalue weighted by Gasteiger charge is -2.15. The van der Waals surface area contributed by atoms with Gasteiger partial charge in [-0.05, 0) is 63.3 Å². The highest BCUT2D eigenvalue weighted by Gasteiger charge is 2.30. The maximum Gasteiger partial charge on any atom is 0.112 e. The maximum absolute atomic E-state index is 8.25. The summed E-state index contributed by atoms with van der Waals surface area (Å²) in [5, 5.41) is 8.25. The first-order valence-corrected chi connectivity index (χ1v) is 9.07. The fraction of sp³-hybridized carbons (Fsp3) is 0.429. The standard InChI is InChI=1S/C21H28N4/c1-6-14(7-2)16-10-17(19(12(3)22)13(4)23)20-18(11-16)24-21(25(20)5)15-8-9-15/h6,10-11,15,22H,7-9,23H2,1-5H3/b14-6-,19-13+,22-12?. The number of fused-ring (bicyclic) bond motifs is 1. The molecule has 1 aliphatic rings. The number of rotatable bonds is 5. The fourth-order valence-corrected chi connectivity index (χ4v) is 3.74. The van der Waals surface area contributed by atoms with Crippen molar-refractivity contribution in [2.24, 2.45) is 12.8 Å². The van der Waals surface area contributed by atoms with E-state index in [0.29, 0.717) is 17.3 Å². The predicted molar refractivity (Wildman–Crippen MR) is 107 cm³/mol. The molecule has 1 aromatic carbocycles. The Labute approximate surface area is 150 Å². The number of imidazole rings is 1. The van der Waals surface area contributed by atoms with Crippen LogP contribution in [0.5, 0.6) is 0 Å². The lowest BCUT2D eigenvalue weighted by molar-refractivity contribution is 0.819. The van der Waals surface area contributed by atoms with Crippen LogP contribution in [0.15, 0.2) is 23.9 Å². The Morgan fingerprint density at radius 2 is 2.04 bits per heavy atom. The third-order valence-electron chi connectivity index (χ3n) is 5.09. The molecule has 0 saturated heterocycles. The van der Waals surface area contributed by atoms with Crippen molar-refractivity contribution in [1.82, 2.24) is 9.55 Å². The number of hydrogen-bond acceptors (Lipinski definition) is 3. The average Bonchev–Trinajstić information content (AvgIpc) is 3.32. The first-order valence-electron chi connectivity index (χ1n) is 9.07. The molecule has 1 aromatic heterocycles. The minimum atomic E-state index is 0.492. The molecule has 1 saturated carbocycles. The van der Waals surface area contributed by atoms with Gasteiger partial charge in [-0.25, -0.2) is 4.98 Å². The van der Waals surface area contributed by atoms with Crippen LogP contribution < -0.4 is 5.73 Å². The van der Waals surface area contributed by atoms with E-state index < -0.39 is 0 Å². The summed E-state index contributed by atoms with van der Waals surface area (Å²) in [6.07, 6.45) is 5.56. The third kappa shape index (κ3) is 3.01. The molecule has 0 atom stereocenters. The van der Waals surface area contributed by atoms with Crippen LogP contribution in [0.25, 0.3) is 22.2 Å². The third-order valence-corrected chi connectivity index (χ3v) is 5.09. The van der Waals surface area contributed by atoms with E-state index in [0.717, 1.165) is 34.4 Å². The second-order valence-corrected chi connectivity index (χ2v) is 7.05. The van der Waals surface area contributed by atoms with E-state index in [4.69, 9.17) is 16.1 Å². The van der Waals surface area contributed by atoms with Crippen LogP contribution in [-0.2, 0) is 7.05 Å². The Hall–Kier alpha value is -2.36. The fourth-order valence-electron chi connectivity index (χ4n) is 3.74. The van der Waals surface area contributed by atoms with Gasteiger partial charge in [0.2, 0.25) is 0 Å². The number of benzene rings is 1. The van der Waals surface area contributed by atoms with Crippen LogP contribution in [0.4, 0.5) is 0 Å². The van der Waals surface area contributed by atoms with Crippen LogP contribution in [0.2, 0.25) is 0 Å². The Kier molecular flexibility index (Phi) is 4.55. The molecule has 0 amide bonds. The van der Waals surface area contributed by atoms with Crippen LogP contribution in [0.3, 0.4) is 0 Å². The van der Waals surface area contributed by atoms with Crippen LogP contribution in [-0.4, -0.2) is 15.3 Å². The first-order chi connectivity index (χ1) is 11.9. The van der Waals surface area contributed by atoms with Crippen molar-refractivity contribution in [3.05, 3.63) is 40.9 Å². The Morgan fingerprint density at radius 1 is 1.36 bits per heavy atom. The van der Waals surface area contributed by atoms with Gasteiger partial charge in [-0.15, -0.1) is 0 Å². The zero-order chi connectivity index (χ0) is 18.3. The molecule has 0 bridgehead atoms. The van der Waals surface area contributed by atoms with Crippen LogP contribution >= 0.6 is 0 Å². The first kappa shape index (κ1) is 17.5. The zero-order valence-electron chi connectivity index (χ0n) is 15.9. The van der Waals surface area contributed by atoms with Gasteiger partial charge in [-0.1, -0.05) is 13.0 Å². The molecule has 0 unspecified atom stereocenters. The van der Waals surface area contributed by atoms with Gasteiger partial charge in [0.05, 0.1) is 11.0 Å². The molecule has 4 heteroatoms. The lowest BCUT2D eigenvalue weighted by Crippen LogP contribution is -2.07. The van der Waals surface area contributed by atoms with Crippen molar-refractivity contribution in [1.29, 1.82) is 5.41 Å². The van der Waals surface area contributed by atoms with Crippen molar-refractivity contribution < 1.29 is 0 Å². The van der Waals surface area contributed by atoms with Gasteiger partial charge in [0, 0.05) is 35.5 Å². The van der Waals surface area contributed by atoms with E-state index in [9.17, 15) is 0 Å². The molecular formula is C21H28N4. The average molecular weight is 336 g/mol. The van der Waals surface area contributed by atoms with E-state index in [1.165, 1.54) is 24.0 Å². The minimum Gasteiger partial charge on any atom is -0.402 e. The summed E-state index contributed by atoms with van der Waals surface area (Å²) in [7, 11) is 2.09. The normalized spacial score (nSPS) is 16.3. The highest BCUT2D eigenvalue weighted by molar-refractivity contribution is 6.24. The van der Waals surface area contributed by atoms with Crippen molar-refractivity contribution >= 4 is 27.9 Å². The highest BCUT2D eigenvalue weighted by Crippen LogP contribution is 2.42. The minimum absolute atomic E-state index is 0.492. The highest BCUT2D eigenvalue weighted by atomic mass is 15.1. The molecule has 3 N–H and O–H groups in total. The van der Waals surface area contributed by atoms with E-state index in [-0.39, 0.29) is 0 Å². The molecule has 2 aromatic rings. The van der Waals surface area contributed by atoms with Gasteiger partial charge in [0.15, 0.2) is 0 Å². The van der Waals surface area contributed by atoms with Gasteiger partial charge in [-0.3, -0.25) is 0 Å². The zero-order valence-corrected chi connectivity index (χ0v) is 15.9. The second kappa shape index (κ2) is 6.51. The summed E-state index contributed by atoms with van der Waals surface area (Å²) < 4.78 is 2.21. The van der Waals surface area contributed by atoms with Crippen molar-refractivity contribution in [3.8, 4) is 0 Å². The van der Waals surface area contributed by atoms with Crippen LogP contribution in [0, 0.1) is 5.41 Å². The summed E-state index contributed by atoms with van der Waals surface area (Å²) in [6.45, 7) is 7.92. The van der Waals surface area contributed by atoms with Crippen molar-refractivity contribution in [2.75, 3.05) is 0 Å². The molecule has 0 aliphatic heterocycles. The number of aryl methyl sites for hydroxylation is 1. The van der Waals surface area contributed by atoms with E-state index in [1.54, 1.807) is 6.92 Å². The molecule has 0 radical (unpaired) electrons. The van der Waals surface area contributed by atoms with E-state index in [2.05, 4.69) is 43.7 Å². The van der Waals surface area contributed by atoms with Crippen LogP contribution in [0.1, 0.15) is 69.8 Å². The summed E-state index contributed by atoms with van der Waals surface area (Å²) >= 11 is 0. The summed E-state index contributed by atoms with van der Waals surface area (Å²) in [4.78, 5) is 4.95. The summed E-state index contributed by atoms with van der Waals surface area (Å²) in [5.74, 6) is 1.73. The summed E-state index contributed by atoms with van der Waals surface area (Å²) in [6, 6.07) is 4.37. The van der Waals surface area contributed by atoms with E-state index >= 15 is 0 Å². The van der Waals surface area contributed by atoms with Gasteiger partial charge in [0.25, 0.3) is 0 Å². The van der Waals surface area contributed by atoms with Gasteiger partial charge < -0.3 is 15.7 Å². The molecule has 3 rings (SSSR count). The number of nitrogens with one attached hydrogen (secondary N) is 1. The maximum atomic E-state index is 8.25. The molecule has 0 spiro atoms. The van der Waals surface area contributed by atoms with Crippen molar-refractivity contribution in [2.45, 2.75) is 52.9 Å². The topological polar surface area (TPSA) is 67.7 Å². The molecule has 1 fully saturated rings. The predicted octanol–water partition coefficient (Wildman–Crippen LogP) is 4.99. The quantitative estimate of drug-likeness (QED) is 0.755. The van der Waals surface area contributed by atoms with E-state index in [1.807, 2.05) is 6.92 Å². The Morgan fingerprint density at radius 3 is 2.52 bits per heavy atom. The number of hydrogen-bond donors (Lipinski definition) is 2. The van der Waals surface area contributed by atoms with Crippen molar-refractivity contribution in [3.63, 3.8) is 0 Å². The number of allylic oxidation sites excluding steroid dienone is 4. The monoisotopic (exact) mass is 336 g/mol. The smallest absolute Gasteiger partial charge is 0.112 e. The van der Waals surface area contributed by atoms with Gasteiger partial charge >= 0.3 is 0 Å². The largest absolute Gasteiger partial charge is 0.402 e. The summed E-state index contributed by atoms with van der Waals surface area (Å²) in [5.41, 5.74) is 13.7. The molecule has 1 heterocycles. The number of nitrogens with two attached hydrogens (primary N) is 1. The number of nitrogens with zero attached hydrogens (tertiary/aromatic N) is 2. The molecule has 1 aliphatic carbocycles. The SMILES string of the molecule is C/C=C(/CC)c1cc(/C(C(C)=N)=C(\C)N)c2c(c1)nc(C1CC1)n2C. The molecular weight excluding hydrogens is 308 g/mol. The Balaban J connectivity index is 2.38. The lowest BCUT2D eigenvalue weighted by atomic mass is 9.93. The van der Waals surface area contributed by atoms with Gasteiger partial charge in [-0.2, -0.15) is 0 Å².